The molecule has 0 spiro atoms. The van der Waals surface area contributed by atoms with Crippen molar-refractivity contribution in [2.24, 2.45) is 0 Å². The Bertz CT molecular complexity index is 758. The fourth-order valence-electron chi connectivity index (χ4n) is 2.51. The summed E-state index contributed by atoms with van der Waals surface area (Å²) in [6.07, 6.45) is 4.46. The van der Waals surface area contributed by atoms with E-state index in [-0.39, 0.29) is 16.0 Å². The van der Waals surface area contributed by atoms with E-state index < -0.39 is 15.8 Å². The maximum absolute atomic E-state index is 13.2. The number of nitrogens with zero attached hydrogens (tertiary/aromatic N) is 4. The lowest BCUT2D eigenvalue weighted by atomic mass is 10.1. The first-order chi connectivity index (χ1) is 10.5. The molecule has 0 saturated carbocycles. The molecule has 22 heavy (non-hydrogen) atoms. The monoisotopic (exact) mass is 344 g/mol. The predicted molar refractivity (Wildman–Crippen MR) is 78.5 cm³/mol. The molecule has 0 atom stereocenters. The minimum absolute atomic E-state index is 0.00886. The maximum atomic E-state index is 13.2. The molecule has 0 radical (unpaired) electrons. The molecule has 9 heteroatoms. The van der Waals surface area contributed by atoms with E-state index in [0.717, 1.165) is 12.1 Å². The molecule has 2 aromatic rings. The molecule has 3 rings (SSSR count). The molecule has 1 fully saturated rings. The Morgan fingerprint density at radius 1 is 1.18 bits per heavy atom. The van der Waals surface area contributed by atoms with Crippen LogP contribution in [0.5, 0.6) is 0 Å². The second-order valence-electron chi connectivity index (χ2n) is 5.06. The first-order valence-corrected chi connectivity index (χ1v) is 8.61. The summed E-state index contributed by atoms with van der Waals surface area (Å²) in [5, 5.41) is 7.97. The third-order valence-electron chi connectivity index (χ3n) is 3.72. The highest BCUT2D eigenvalue weighted by Gasteiger charge is 2.30. The minimum Gasteiger partial charge on any atom is -0.207 e. The zero-order valence-electron chi connectivity index (χ0n) is 11.6. The van der Waals surface area contributed by atoms with E-state index in [2.05, 4.69) is 10.2 Å². The second-order valence-corrected chi connectivity index (χ2v) is 7.41. The molecule has 1 aliphatic rings. The van der Waals surface area contributed by atoms with Crippen LogP contribution in [0, 0.1) is 5.82 Å². The van der Waals surface area contributed by atoms with Crippen LogP contribution in [0.3, 0.4) is 0 Å². The summed E-state index contributed by atoms with van der Waals surface area (Å²) >= 11 is 5.67. The Kier molecular flexibility index (Phi) is 4.16. The van der Waals surface area contributed by atoms with Crippen LogP contribution in [0.4, 0.5) is 4.39 Å². The highest BCUT2D eigenvalue weighted by Crippen LogP contribution is 2.27. The molecule has 1 aliphatic heterocycles. The van der Waals surface area contributed by atoms with E-state index in [0.29, 0.717) is 25.9 Å². The SMILES string of the molecule is O=S(=O)(c1ccc(F)c(Cl)c1)N1CCC(n2nccn2)CC1. The third kappa shape index (κ3) is 2.86. The van der Waals surface area contributed by atoms with Crippen molar-refractivity contribution >= 4 is 21.6 Å². The topological polar surface area (TPSA) is 68.1 Å². The van der Waals surface area contributed by atoms with Crippen molar-refractivity contribution in [3.8, 4) is 0 Å². The Morgan fingerprint density at radius 2 is 1.82 bits per heavy atom. The van der Waals surface area contributed by atoms with Crippen LogP contribution in [0.15, 0.2) is 35.5 Å². The van der Waals surface area contributed by atoms with E-state index in [4.69, 9.17) is 11.6 Å². The van der Waals surface area contributed by atoms with Gasteiger partial charge in [-0.05, 0) is 31.0 Å². The zero-order chi connectivity index (χ0) is 15.7. The average molecular weight is 345 g/mol. The molecule has 118 valence electrons. The standard InChI is InChI=1S/C13H14ClFN4O2S/c14-12-9-11(1-2-13(12)15)22(20,21)18-7-3-10(4-8-18)19-16-5-6-17-19/h1-2,5-6,9-10H,3-4,7-8H2. The van der Waals surface area contributed by atoms with Gasteiger partial charge >= 0.3 is 0 Å². The largest absolute Gasteiger partial charge is 0.243 e. The van der Waals surface area contributed by atoms with Crippen molar-refractivity contribution in [2.45, 2.75) is 23.8 Å². The molecule has 1 aromatic heterocycles. The smallest absolute Gasteiger partial charge is 0.207 e. The van der Waals surface area contributed by atoms with Gasteiger partial charge in [-0.25, -0.2) is 12.8 Å². The van der Waals surface area contributed by atoms with Crippen molar-refractivity contribution in [3.05, 3.63) is 41.4 Å². The number of benzene rings is 1. The van der Waals surface area contributed by atoms with Crippen molar-refractivity contribution in [2.75, 3.05) is 13.1 Å². The van der Waals surface area contributed by atoms with Crippen molar-refractivity contribution in [3.63, 3.8) is 0 Å². The van der Waals surface area contributed by atoms with Gasteiger partial charge in [0.1, 0.15) is 5.82 Å². The first-order valence-electron chi connectivity index (χ1n) is 6.79. The number of aromatic nitrogens is 3. The Labute approximate surface area is 132 Å². The Balaban J connectivity index is 1.75. The summed E-state index contributed by atoms with van der Waals surface area (Å²) < 4.78 is 39.7. The quantitative estimate of drug-likeness (QED) is 0.855. The predicted octanol–water partition coefficient (Wildman–Crippen LogP) is 2.10. The molecule has 0 bridgehead atoms. The van der Waals surface area contributed by atoms with E-state index >= 15 is 0 Å². The fraction of sp³-hybridized carbons (Fsp3) is 0.385. The Morgan fingerprint density at radius 3 is 2.41 bits per heavy atom. The lowest BCUT2D eigenvalue weighted by Gasteiger charge is -2.30. The van der Waals surface area contributed by atoms with Gasteiger partial charge < -0.3 is 0 Å². The van der Waals surface area contributed by atoms with E-state index in [9.17, 15) is 12.8 Å². The lowest BCUT2D eigenvalue weighted by molar-refractivity contribution is 0.245. The first kappa shape index (κ1) is 15.4. The Hall–Kier alpha value is -1.51. The van der Waals surface area contributed by atoms with Crippen LogP contribution in [-0.2, 0) is 10.0 Å². The van der Waals surface area contributed by atoms with E-state index in [1.807, 2.05) is 0 Å². The fourth-order valence-corrected chi connectivity index (χ4v) is 4.26. The summed E-state index contributed by atoms with van der Waals surface area (Å²) in [4.78, 5) is 1.62. The number of hydrogen-bond donors (Lipinski definition) is 0. The van der Waals surface area contributed by atoms with Gasteiger partial charge in [-0.3, -0.25) is 0 Å². The van der Waals surface area contributed by atoms with Crippen molar-refractivity contribution in [1.82, 2.24) is 19.3 Å². The van der Waals surface area contributed by atoms with E-state index in [1.165, 1.54) is 10.4 Å². The van der Waals surface area contributed by atoms with Crippen LogP contribution < -0.4 is 0 Å². The number of halogens is 2. The van der Waals surface area contributed by atoms with Gasteiger partial charge in [0, 0.05) is 13.1 Å². The minimum atomic E-state index is -3.66. The molecular formula is C13H14ClFN4O2S. The number of piperidine rings is 1. The lowest BCUT2D eigenvalue weighted by Crippen LogP contribution is -2.39. The summed E-state index contributed by atoms with van der Waals surface area (Å²) in [5.41, 5.74) is 0. The van der Waals surface area contributed by atoms with Crippen molar-refractivity contribution < 1.29 is 12.8 Å². The zero-order valence-corrected chi connectivity index (χ0v) is 13.1. The van der Waals surface area contributed by atoms with Gasteiger partial charge in [0.25, 0.3) is 0 Å². The van der Waals surface area contributed by atoms with Crippen LogP contribution in [0.1, 0.15) is 18.9 Å². The van der Waals surface area contributed by atoms with Gasteiger partial charge in [-0.2, -0.15) is 19.3 Å². The molecule has 1 saturated heterocycles. The molecule has 6 nitrogen and oxygen atoms in total. The van der Waals surface area contributed by atoms with Gasteiger partial charge in [0.2, 0.25) is 10.0 Å². The summed E-state index contributed by atoms with van der Waals surface area (Å²) in [6, 6.07) is 3.54. The van der Waals surface area contributed by atoms with Crippen molar-refractivity contribution in [1.29, 1.82) is 0 Å². The molecule has 2 heterocycles. The molecule has 0 amide bonds. The molecule has 0 aliphatic carbocycles. The van der Waals surface area contributed by atoms with Crippen LogP contribution in [-0.4, -0.2) is 40.8 Å². The number of rotatable bonds is 3. The summed E-state index contributed by atoms with van der Waals surface area (Å²) in [7, 11) is -3.66. The van der Waals surface area contributed by atoms with Crippen LogP contribution in [0.2, 0.25) is 5.02 Å². The second kappa shape index (κ2) is 5.94. The molecule has 1 aromatic carbocycles. The number of hydrogen-bond acceptors (Lipinski definition) is 4. The van der Waals surface area contributed by atoms with Crippen LogP contribution >= 0.6 is 11.6 Å². The van der Waals surface area contributed by atoms with Gasteiger partial charge in [-0.1, -0.05) is 11.6 Å². The van der Waals surface area contributed by atoms with E-state index in [1.54, 1.807) is 17.2 Å². The van der Waals surface area contributed by atoms with Gasteiger partial charge in [0.15, 0.2) is 0 Å². The molecule has 0 N–H and O–H groups in total. The third-order valence-corrected chi connectivity index (χ3v) is 5.90. The average Bonchev–Trinajstić information content (AvgIpc) is 3.04. The normalized spacial score (nSPS) is 17.7. The maximum Gasteiger partial charge on any atom is 0.243 e. The highest BCUT2D eigenvalue weighted by atomic mass is 35.5. The van der Waals surface area contributed by atoms with Gasteiger partial charge in [-0.15, -0.1) is 0 Å². The highest BCUT2D eigenvalue weighted by molar-refractivity contribution is 7.89. The number of sulfonamides is 1. The summed E-state index contributed by atoms with van der Waals surface area (Å²) in [5.74, 6) is -0.635. The molecular weight excluding hydrogens is 331 g/mol. The molecule has 0 unspecified atom stereocenters. The summed E-state index contributed by atoms with van der Waals surface area (Å²) in [6.45, 7) is 0.729. The van der Waals surface area contributed by atoms with Crippen LogP contribution in [0.25, 0.3) is 0 Å². The van der Waals surface area contributed by atoms with Gasteiger partial charge in [0.05, 0.1) is 28.4 Å².